The van der Waals surface area contributed by atoms with Crippen LogP contribution in [-0.2, 0) is 20.9 Å². The van der Waals surface area contributed by atoms with Crippen LogP contribution < -0.4 is 16.0 Å². The van der Waals surface area contributed by atoms with Gasteiger partial charge < -0.3 is 20.7 Å². The lowest BCUT2D eigenvalue weighted by atomic mass is 10.1. The van der Waals surface area contributed by atoms with Crippen LogP contribution in [0.3, 0.4) is 0 Å². The zero-order valence-corrected chi connectivity index (χ0v) is 13.6. The Morgan fingerprint density at radius 1 is 1.35 bits per heavy atom. The summed E-state index contributed by atoms with van der Waals surface area (Å²) in [5, 5.41) is 8.77. The molecule has 1 aliphatic heterocycles. The van der Waals surface area contributed by atoms with Gasteiger partial charge in [0, 0.05) is 25.3 Å². The molecule has 0 bridgehead atoms. The van der Waals surface area contributed by atoms with Gasteiger partial charge in [0.15, 0.2) is 0 Å². The zero-order chi connectivity index (χ0) is 16.5. The maximum atomic E-state index is 12.0. The molecule has 0 aliphatic carbocycles. The van der Waals surface area contributed by atoms with E-state index in [4.69, 9.17) is 4.74 Å². The molecule has 3 N–H and O–H groups in total. The maximum absolute atomic E-state index is 12.0. The quantitative estimate of drug-likeness (QED) is 0.633. The summed E-state index contributed by atoms with van der Waals surface area (Å²) in [5.74, 6) is -0.0650. The lowest BCUT2D eigenvalue weighted by Crippen LogP contribution is -2.27. The van der Waals surface area contributed by atoms with Crippen LogP contribution in [0.25, 0.3) is 0 Å². The fourth-order valence-corrected chi connectivity index (χ4v) is 2.48. The molecule has 2 rings (SSSR count). The fraction of sp³-hybridized carbons (Fsp3) is 0.529. The van der Waals surface area contributed by atoms with E-state index < -0.39 is 0 Å². The van der Waals surface area contributed by atoms with E-state index in [0.29, 0.717) is 19.6 Å². The maximum Gasteiger partial charge on any atom is 0.253 e. The monoisotopic (exact) mass is 319 g/mol. The first-order chi connectivity index (χ1) is 11.2. The Morgan fingerprint density at radius 3 is 2.96 bits per heavy atom. The highest BCUT2D eigenvalue weighted by Gasteiger charge is 2.23. The van der Waals surface area contributed by atoms with Gasteiger partial charge in [-0.25, -0.2) is 0 Å². The Balaban J connectivity index is 1.79. The summed E-state index contributed by atoms with van der Waals surface area (Å²) in [7, 11) is 1.87. The standard InChI is InChI=1S/C17H25N3O3/c1-18-9-3-8-16(21)19-12-13-5-2-6-14(11-13)20-17(22)15-7-4-10-23-15/h2,5-6,11,15,18H,3-4,7-10,12H2,1H3,(H,19,21)(H,20,22). The van der Waals surface area contributed by atoms with Crippen molar-refractivity contribution in [3.05, 3.63) is 29.8 Å². The molecule has 0 spiro atoms. The van der Waals surface area contributed by atoms with Gasteiger partial charge in [0.25, 0.3) is 5.91 Å². The summed E-state index contributed by atoms with van der Waals surface area (Å²) in [6.07, 6.45) is 2.69. The summed E-state index contributed by atoms with van der Waals surface area (Å²) >= 11 is 0. The topological polar surface area (TPSA) is 79.5 Å². The van der Waals surface area contributed by atoms with E-state index in [0.717, 1.165) is 37.1 Å². The summed E-state index contributed by atoms with van der Waals surface area (Å²) in [6, 6.07) is 7.51. The molecule has 0 radical (unpaired) electrons. The number of hydrogen-bond donors (Lipinski definition) is 3. The van der Waals surface area contributed by atoms with Crippen LogP contribution in [0.4, 0.5) is 5.69 Å². The van der Waals surface area contributed by atoms with Crippen LogP contribution in [0, 0.1) is 0 Å². The Labute approximate surface area is 137 Å². The SMILES string of the molecule is CNCCCC(=O)NCc1cccc(NC(=O)C2CCCO2)c1. The number of hydrogen-bond acceptors (Lipinski definition) is 4. The summed E-state index contributed by atoms with van der Waals surface area (Å²) in [5.41, 5.74) is 1.68. The number of carbonyl (C=O) groups excluding carboxylic acids is 2. The lowest BCUT2D eigenvalue weighted by molar-refractivity contribution is -0.124. The Morgan fingerprint density at radius 2 is 2.22 bits per heavy atom. The van der Waals surface area contributed by atoms with Gasteiger partial charge in [-0.3, -0.25) is 9.59 Å². The van der Waals surface area contributed by atoms with E-state index >= 15 is 0 Å². The van der Waals surface area contributed by atoms with E-state index in [9.17, 15) is 9.59 Å². The van der Waals surface area contributed by atoms with Crippen molar-refractivity contribution in [1.29, 1.82) is 0 Å². The van der Waals surface area contributed by atoms with Crippen molar-refractivity contribution in [2.75, 3.05) is 25.5 Å². The Hall–Kier alpha value is -1.92. The number of carbonyl (C=O) groups is 2. The van der Waals surface area contributed by atoms with Gasteiger partial charge in [-0.05, 0) is 50.6 Å². The van der Waals surface area contributed by atoms with E-state index in [1.165, 1.54) is 0 Å². The number of nitrogens with one attached hydrogen (secondary N) is 3. The van der Waals surface area contributed by atoms with Gasteiger partial charge in [0.2, 0.25) is 5.91 Å². The van der Waals surface area contributed by atoms with Crippen molar-refractivity contribution >= 4 is 17.5 Å². The molecule has 6 nitrogen and oxygen atoms in total. The molecule has 0 aromatic heterocycles. The van der Waals surface area contributed by atoms with Crippen molar-refractivity contribution < 1.29 is 14.3 Å². The van der Waals surface area contributed by atoms with E-state index in [2.05, 4.69) is 16.0 Å². The van der Waals surface area contributed by atoms with Crippen molar-refractivity contribution in [3.8, 4) is 0 Å². The second-order valence-electron chi connectivity index (χ2n) is 5.68. The molecule has 1 aromatic carbocycles. The normalized spacial score (nSPS) is 17.0. The molecule has 126 valence electrons. The highest BCUT2D eigenvalue weighted by molar-refractivity contribution is 5.94. The van der Waals surface area contributed by atoms with Crippen LogP contribution in [-0.4, -0.2) is 38.1 Å². The number of amides is 2. The fourth-order valence-electron chi connectivity index (χ4n) is 2.48. The molecule has 2 amide bonds. The average Bonchev–Trinajstić information content (AvgIpc) is 3.08. The van der Waals surface area contributed by atoms with Crippen LogP contribution in [0.2, 0.25) is 0 Å². The van der Waals surface area contributed by atoms with Crippen LogP contribution in [0.15, 0.2) is 24.3 Å². The van der Waals surface area contributed by atoms with Crippen LogP contribution in [0.5, 0.6) is 0 Å². The van der Waals surface area contributed by atoms with Gasteiger partial charge in [0.05, 0.1) is 0 Å². The Bertz CT molecular complexity index is 528. The first kappa shape index (κ1) is 17.4. The predicted molar refractivity (Wildman–Crippen MR) is 89.1 cm³/mol. The predicted octanol–water partition coefficient (Wildman–Crippen LogP) is 1.42. The van der Waals surface area contributed by atoms with Crippen LogP contribution in [0.1, 0.15) is 31.2 Å². The largest absolute Gasteiger partial charge is 0.368 e. The molecule has 23 heavy (non-hydrogen) atoms. The molecule has 1 aromatic rings. The third-order valence-corrected chi connectivity index (χ3v) is 3.74. The molecule has 1 unspecified atom stereocenters. The highest BCUT2D eigenvalue weighted by Crippen LogP contribution is 2.16. The molecule has 1 aliphatic rings. The van der Waals surface area contributed by atoms with Gasteiger partial charge >= 0.3 is 0 Å². The van der Waals surface area contributed by atoms with E-state index in [1.807, 2.05) is 31.3 Å². The smallest absolute Gasteiger partial charge is 0.253 e. The van der Waals surface area contributed by atoms with Gasteiger partial charge in [-0.2, -0.15) is 0 Å². The first-order valence-corrected chi connectivity index (χ1v) is 8.12. The van der Waals surface area contributed by atoms with E-state index in [-0.39, 0.29) is 17.9 Å². The third kappa shape index (κ3) is 6.00. The average molecular weight is 319 g/mol. The second kappa shape index (κ2) is 9.27. The van der Waals surface area contributed by atoms with Crippen molar-refractivity contribution in [1.82, 2.24) is 10.6 Å². The summed E-state index contributed by atoms with van der Waals surface area (Å²) in [4.78, 5) is 23.7. The first-order valence-electron chi connectivity index (χ1n) is 8.12. The molecule has 1 atom stereocenters. The number of ether oxygens (including phenoxy) is 1. The summed E-state index contributed by atoms with van der Waals surface area (Å²) in [6.45, 7) is 1.94. The van der Waals surface area contributed by atoms with Gasteiger partial charge in [-0.1, -0.05) is 12.1 Å². The van der Waals surface area contributed by atoms with Gasteiger partial charge in [0.1, 0.15) is 6.10 Å². The minimum atomic E-state index is -0.342. The molecule has 6 heteroatoms. The molecular formula is C17H25N3O3. The van der Waals surface area contributed by atoms with Crippen molar-refractivity contribution in [2.24, 2.45) is 0 Å². The lowest BCUT2D eigenvalue weighted by Gasteiger charge is -2.12. The molecule has 1 fully saturated rings. The third-order valence-electron chi connectivity index (χ3n) is 3.74. The number of benzene rings is 1. The van der Waals surface area contributed by atoms with Crippen molar-refractivity contribution in [3.63, 3.8) is 0 Å². The zero-order valence-electron chi connectivity index (χ0n) is 13.6. The number of rotatable bonds is 8. The minimum Gasteiger partial charge on any atom is -0.368 e. The van der Waals surface area contributed by atoms with E-state index in [1.54, 1.807) is 0 Å². The number of anilines is 1. The van der Waals surface area contributed by atoms with Crippen LogP contribution >= 0.6 is 0 Å². The second-order valence-corrected chi connectivity index (χ2v) is 5.68. The molecule has 1 saturated heterocycles. The minimum absolute atomic E-state index is 0.0362. The molecule has 0 saturated carbocycles. The molecular weight excluding hydrogens is 294 g/mol. The van der Waals surface area contributed by atoms with Crippen molar-refractivity contribution in [2.45, 2.75) is 38.3 Å². The van der Waals surface area contributed by atoms with Gasteiger partial charge in [-0.15, -0.1) is 0 Å². The highest BCUT2D eigenvalue weighted by atomic mass is 16.5. The molecule has 1 heterocycles. The Kier molecular flexibility index (Phi) is 7.03. The summed E-state index contributed by atoms with van der Waals surface area (Å²) < 4.78 is 5.37.